The molecule has 1 unspecified atom stereocenters. The first-order valence-electron chi connectivity index (χ1n) is 5.11. The highest BCUT2D eigenvalue weighted by Gasteiger charge is 2.22. The summed E-state index contributed by atoms with van der Waals surface area (Å²) in [6.45, 7) is 1.64. The van der Waals surface area contributed by atoms with Crippen LogP contribution in [0.15, 0.2) is 24.3 Å². The summed E-state index contributed by atoms with van der Waals surface area (Å²) >= 11 is 1.70. The van der Waals surface area contributed by atoms with Crippen LogP contribution in [0, 0.1) is 0 Å². The number of hydrogen-bond donors (Lipinski definition) is 1. The van der Waals surface area contributed by atoms with Crippen molar-refractivity contribution >= 4 is 26.7 Å². The lowest BCUT2D eigenvalue weighted by Crippen LogP contribution is -2.20. The number of nitrogens with zero attached hydrogens (tertiary/aromatic N) is 2. The highest BCUT2D eigenvalue weighted by atomic mass is 32.1. The molecule has 4 heteroatoms. The number of rotatable bonds is 1. The Kier molecular flexibility index (Phi) is 2.11. The minimum absolute atomic E-state index is 0.183. The number of hydrogen-bond acceptors (Lipinski definition) is 4. The maximum absolute atomic E-state index is 9.47. The van der Waals surface area contributed by atoms with Gasteiger partial charge in [0, 0.05) is 13.1 Å². The monoisotopic (exact) mass is 220 g/mol. The van der Waals surface area contributed by atoms with Crippen molar-refractivity contribution in [2.45, 2.75) is 12.5 Å². The molecular weight excluding hydrogens is 208 g/mol. The third-order valence-corrected chi connectivity index (χ3v) is 3.81. The van der Waals surface area contributed by atoms with Gasteiger partial charge in [0.15, 0.2) is 5.13 Å². The summed E-state index contributed by atoms with van der Waals surface area (Å²) in [7, 11) is 0. The molecular formula is C11H12N2OS. The lowest BCUT2D eigenvalue weighted by molar-refractivity contribution is 0.198. The first-order chi connectivity index (χ1) is 7.33. The molecule has 2 heterocycles. The Balaban J connectivity index is 1.98. The summed E-state index contributed by atoms with van der Waals surface area (Å²) < 4.78 is 1.22. The number of aliphatic hydroxyl groups is 1. The van der Waals surface area contributed by atoms with Gasteiger partial charge in [-0.3, -0.25) is 0 Å². The number of β-amino-alcohol motifs (C(OH)–C–C–N with tert-alkyl or cyclic N) is 1. The summed E-state index contributed by atoms with van der Waals surface area (Å²) in [4.78, 5) is 6.72. The summed E-state index contributed by atoms with van der Waals surface area (Å²) in [5, 5.41) is 10.5. The van der Waals surface area contributed by atoms with Gasteiger partial charge in [-0.05, 0) is 18.6 Å². The second-order valence-electron chi connectivity index (χ2n) is 3.85. The lowest BCUT2D eigenvalue weighted by Gasteiger charge is -2.12. The molecule has 3 nitrogen and oxygen atoms in total. The number of benzene rings is 1. The predicted molar refractivity (Wildman–Crippen MR) is 62.5 cm³/mol. The van der Waals surface area contributed by atoms with Crippen LogP contribution in [-0.4, -0.2) is 29.3 Å². The Bertz CT molecular complexity index is 449. The first kappa shape index (κ1) is 9.12. The number of fused-ring (bicyclic) bond motifs is 1. The van der Waals surface area contributed by atoms with E-state index in [1.54, 1.807) is 11.3 Å². The van der Waals surface area contributed by atoms with E-state index in [2.05, 4.69) is 16.0 Å². The molecule has 2 aromatic rings. The number of thiazole rings is 1. The molecule has 1 saturated heterocycles. The van der Waals surface area contributed by atoms with E-state index in [-0.39, 0.29) is 6.10 Å². The Labute approximate surface area is 92.0 Å². The summed E-state index contributed by atoms with van der Waals surface area (Å²) in [6.07, 6.45) is 0.674. The molecule has 0 amide bonds. The normalized spacial score (nSPS) is 21.4. The van der Waals surface area contributed by atoms with Crippen molar-refractivity contribution in [3.05, 3.63) is 24.3 Å². The average molecular weight is 220 g/mol. The van der Waals surface area contributed by atoms with Gasteiger partial charge in [-0.15, -0.1) is 0 Å². The molecule has 78 valence electrons. The summed E-state index contributed by atoms with van der Waals surface area (Å²) in [6, 6.07) is 8.15. The van der Waals surface area contributed by atoms with Crippen LogP contribution in [0.1, 0.15) is 6.42 Å². The van der Waals surface area contributed by atoms with Crippen LogP contribution in [0.2, 0.25) is 0 Å². The smallest absolute Gasteiger partial charge is 0.186 e. The van der Waals surface area contributed by atoms with E-state index in [0.717, 1.165) is 30.2 Å². The molecule has 0 saturated carbocycles. The molecule has 0 spiro atoms. The second-order valence-corrected chi connectivity index (χ2v) is 4.86. The number of para-hydroxylation sites is 1. The SMILES string of the molecule is OC1CCN(c2nc3ccccc3s2)C1. The van der Waals surface area contributed by atoms with Gasteiger partial charge in [0.05, 0.1) is 16.3 Å². The molecule has 0 radical (unpaired) electrons. The van der Waals surface area contributed by atoms with Gasteiger partial charge in [0.25, 0.3) is 0 Å². The molecule has 1 aliphatic rings. The Morgan fingerprint density at radius 2 is 2.27 bits per heavy atom. The van der Waals surface area contributed by atoms with Crippen molar-refractivity contribution in [3.63, 3.8) is 0 Å². The van der Waals surface area contributed by atoms with E-state index >= 15 is 0 Å². The average Bonchev–Trinajstić information content (AvgIpc) is 2.82. The minimum atomic E-state index is -0.183. The van der Waals surface area contributed by atoms with Gasteiger partial charge in [0.2, 0.25) is 0 Å². The lowest BCUT2D eigenvalue weighted by atomic mass is 10.3. The third kappa shape index (κ3) is 1.60. The zero-order valence-corrected chi connectivity index (χ0v) is 9.07. The molecule has 1 N–H and O–H groups in total. The van der Waals surface area contributed by atoms with E-state index in [4.69, 9.17) is 0 Å². The van der Waals surface area contributed by atoms with Crippen LogP contribution in [-0.2, 0) is 0 Å². The molecule has 1 aromatic carbocycles. The quantitative estimate of drug-likeness (QED) is 0.797. The highest BCUT2D eigenvalue weighted by Crippen LogP contribution is 2.30. The van der Waals surface area contributed by atoms with Crippen molar-refractivity contribution in [2.75, 3.05) is 18.0 Å². The zero-order chi connectivity index (χ0) is 10.3. The molecule has 15 heavy (non-hydrogen) atoms. The Morgan fingerprint density at radius 3 is 3.00 bits per heavy atom. The highest BCUT2D eigenvalue weighted by molar-refractivity contribution is 7.22. The molecule has 0 aliphatic carbocycles. The van der Waals surface area contributed by atoms with Crippen LogP contribution >= 0.6 is 11.3 Å². The maximum atomic E-state index is 9.47. The van der Waals surface area contributed by atoms with Crippen molar-refractivity contribution in [3.8, 4) is 0 Å². The first-order valence-corrected chi connectivity index (χ1v) is 5.93. The van der Waals surface area contributed by atoms with Gasteiger partial charge in [-0.1, -0.05) is 23.5 Å². The zero-order valence-electron chi connectivity index (χ0n) is 8.26. The van der Waals surface area contributed by atoms with Crippen LogP contribution in [0.25, 0.3) is 10.2 Å². The van der Waals surface area contributed by atoms with Crippen molar-refractivity contribution in [2.24, 2.45) is 0 Å². The summed E-state index contributed by atoms with van der Waals surface area (Å²) in [5.41, 5.74) is 1.05. The second kappa shape index (κ2) is 3.47. The van der Waals surface area contributed by atoms with E-state index < -0.39 is 0 Å². The summed E-state index contributed by atoms with van der Waals surface area (Å²) in [5.74, 6) is 0. The molecule has 3 rings (SSSR count). The van der Waals surface area contributed by atoms with Gasteiger partial charge in [-0.25, -0.2) is 4.98 Å². The van der Waals surface area contributed by atoms with E-state index in [9.17, 15) is 5.11 Å². The number of aliphatic hydroxyl groups excluding tert-OH is 1. The number of anilines is 1. The molecule has 1 fully saturated rings. The maximum Gasteiger partial charge on any atom is 0.186 e. The molecule has 0 bridgehead atoms. The van der Waals surface area contributed by atoms with Crippen molar-refractivity contribution < 1.29 is 5.11 Å². The van der Waals surface area contributed by atoms with E-state index in [0.29, 0.717) is 0 Å². The fraction of sp³-hybridized carbons (Fsp3) is 0.364. The van der Waals surface area contributed by atoms with Crippen molar-refractivity contribution in [1.29, 1.82) is 0 Å². The van der Waals surface area contributed by atoms with Crippen LogP contribution in [0.3, 0.4) is 0 Å². The standard InChI is InChI=1S/C11H12N2OS/c14-8-5-6-13(7-8)11-12-9-3-1-2-4-10(9)15-11/h1-4,8,14H,5-7H2. The van der Waals surface area contributed by atoms with E-state index in [1.165, 1.54) is 4.70 Å². The fourth-order valence-electron chi connectivity index (χ4n) is 1.91. The predicted octanol–water partition coefficient (Wildman–Crippen LogP) is 1.87. The van der Waals surface area contributed by atoms with E-state index in [1.807, 2.05) is 18.2 Å². The largest absolute Gasteiger partial charge is 0.391 e. The van der Waals surface area contributed by atoms with Gasteiger partial charge in [0.1, 0.15) is 0 Å². The third-order valence-electron chi connectivity index (χ3n) is 2.72. The molecule has 1 aromatic heterocycles. The fourth-order valence-corrected chi connectivity index (χ4v) is 2.91. The number of aromatic nitrogens is 1. The topological polar surface area (TPSA) is 36.4 Å². The molecule has 1 atom stereocenters. The Morgan fingerprint density at radius 1 is 1.40 bits per heavy atom. The Hall–Kier alpha value is -1.13. The minimum Gasteiger partial charge on any atom is -0.391 e. The van der Waals surface area contributed by atoms with Crippen molar-refractivity contribution in [1.82, 2.24) is 4.98 Å². The van der Waals surface area contributed by atoms with Gasteiger partial charge in [-0.2, -0.15) is 0 Å². The van der Waals surface area contributed by atoms with Crippen LogP contribution in [0.4, 0.5) is 5.13 Å². The van der Waals surface area contributed by atoms with Gasteiger partial charge >= 0.3 is 0 Å². The van der Waals surface area contributed by atoms with Gasteiger partial charge < -0.3 is 10.0 Å². The molecule has 1 aliphatic heterocycles. The van der Waals surface area contributed by atoms with Crippen LogP contribution in [0.5, 0.6) is 0 Å². The van der Waals surface area contributed by atoms with Crippen LogP contribution < -0.4 is 4.90 Å².